The zero-order valence-corrected chi connectivity index (χ0v) is 17.0. The minimum atomic E-state index is -1.22. The van der Waals surface area contributed by atoms with E-state index in [0.717, 1.165) is 6.07 Å². The summed E-state index contributed by atoms with van der Waals surface area (Å²) in [4.78, 5) is 46.3. The Morgan fingerprint density at radius 2 is 1.87 bits per heavy atom. The van der Waals surface area contributed by atoms with Crippen LogP contribution in [0.25, 0.3) is 0 Å². The minimum Gasteiger partial charge on any atom is -0.481 e. The number of carboxylic acid groups (broad SMARTS) is 1. The fourth-order valence-corrected chi connectivity index (χ4v) is 2.84. The van der Waals surface area contributed by atoms with Gasteiger partial charge in [0, 0.05) is 39.9 Å². The second-order valence-corrected chi connectivity index (χ2v) is 7.22. The number of halogens is 1. The van der Waals surface area contributed by atoms with Gasteiger partial charge >= 0.3 is 5.97 Å². The summed E-state index contributed by atoms with van der Waals surface area (Å²) >= 11 is 6.11. The number of hydrogen-bond donors (Lipinski definition) is 3. The van der Waals surface area contributed by atoms with Gasteiger partial charge in [0.15, 0.2) is 0 Å². The Hall–Kier alpha value is -3.46. The number of non-ortho nitro benzene ring substituents is 1. The van der Waals surface area contributed by atoms with Crippen LogP contribution in [0.3, 0.4) is 0 Å². The molecule has 0 fully saturated rings. The van der Waals surface area contributed by atoms with Crippen molar-refractivity contribution in [1.82, 2.24) is 5.32 Å². The van der Waals surface area contributed by atoms with Crippen molar-refractivity contribution in [1.29, 1.82) is 0 Å². The van der Waals surface area contributed by atoms with E-state index < -0.39 is 29.3 Å². The molecular weight excluding hydrogens is 414 g/mol. The number of nitrogens with zero attached hydrogens (tertiary/aromatic N) is 1. The summed E-state index contributed by atoms with van der Waals surface area (Å²) in [5.41, 5.74) is 0.418. The number of carbonyl (C=O) groups excluding carboxylic acids is 2. The SMILES string of the molecule is CC(C)C(=O)Nc1cccc(C(=O)N[C@H](CC(=O)O)c2cc([N+](=O)[O-])ccc2Cl)c1. The molecule has 0 saturated heterocycles. The monoisotopic (exact) mass is 433 g/mol. The summed E-state index contributed by atoms with van der Waals surface area (Å²) in [5.74, 6) is -2.32. The van der Waals surface area contributed by atoms with Crippen molar-refractivity contribution in [2.45, 2.75) is 26.3 Å². The van der Waals surface area contributed by atoms with Gasteiger partial charge in [0.25, 0.3) is 11.6 Å². The maximum Gasteiger partial charge on any atom is 0.305 e. The molecule has 0 aliphatic carbocycles. The molecule has 0 aliphatic heterocycles. The normalized spacial score (nSPS) is 11.6. The number of anilines is 1. The van der Waals surface area contributed by atoms with Crippen LogP contribution in [0.2, 0.25) is 5.02 Å². The van der Waals surface area contributed by atoms with Crippen LogP contribution in [0.1, 0.15) is 42.2 Å². The molecule has 2 rings (SSSR count). The molecule has 9 nitrogen and oxygen atoms in total. The molecule has 1 atom stereocenters. The third kappa shape index (κ3) is 6.02. The Balaban J connectivity index is 2.31. The Bertz CT molecular complexity index is 992. The van der Waals surface area contributed by atoms with E-state index in [0.29, 0.717) is 5.69 Å². The van der Waals surface area contributed by atoms with E-state index in [1.54, 1.807) is 26.0 Å². The Kier molecular flexibility index (Phi) is 7.48. The standard InChI is InChI=1S/C20H20ClN3O6/c1-11(2)19(27)22-13-5-3-4-12(8-13)20(28)23-17(10-18(25)26)15-9-14(24(29)30)6-7-16(15)21/h3-9,11,17H,10H2,1-2H3,(H,22,27)(H,23,28)(H,25,26)/t17-/m1/s1. The summed E-state index contributed by atoms with van der Waals surface area (Å²) in [7, 11) is 0. The highest BCUT2D eigenvalue weighted by atomic mass is 35.5. The number of rotatable bonds is 8. The number of carbonyl (C=O) groups is 3. The molecule has 0 unspecified atom stereocenters. The van der Waals surface area contributed by atoms with E-state index in [2.05, 4.69) is 10.6 Å². The van der Waals surface area contributed by atoms with Crippen molar-refractivity contribution < 1.29 is 24.4 Å². The molecule has 0 spiro atoms. The van der Waals surface area contributed by atoms with Gasteiger partial charge < -0.3 is 15.7 Å². The van der Waals surface area contributed by atoms with E-state index in [1.165, 1.54) is 24.3 Å². The van der Waals surface area contributed by atoms with Gasteiger partial charge in [-0.05, 0) is 24.3 Å². The molecule has 0 bridgehead atoms. The first kappa shape index (κ1) is 22.8. The van der Waals surface area contributed by atoms with Gasteiger partial charge in [0.2, 0.25) is 5.91 Å². The van der Waals surface area contributed by atoms with Crippen molar-refractivity contribution in [2.24, 2.45) is 5.92 Å². The molecule has 10 heteroatoms. The maximum absolute atomic E-state index is 12.7. The average Bonchev–Trinajstić information content (AvgIpc) is 2.67. The molecule has 3 N–H and O–H groups in total. The molecule has 0 radical (unpaired) electrons. The molecule has 0 heterocycles. The summed E-state index contributed by atoms with van der Waals surface area (Å²) in [6.45, 7) is 3.45. The fraction of sp³-hybridized carbons (Fsp3) is 0.250. The van der Waals surface area contributed by atoms with Gasteiger partial charge in [-0.2, -0.15) is 0 Å². The number of nitrogens with one attached hydrogen (secondary N) is 2. The number of aliphatic carboxylic acids is 1. The first-order valence-corrected chi connectivity index (χ1v) is 9.33. The van der Waals surface area contributed by atoms with Gasteiger partial charge in [-0.3, -0.25) is 24.5 Å². The van der Waals surface area contributed by atoms with Crippen molar-refractivity contribution in [2.75, 3.05) is 5.32 Å². The highest BCUT2D eigenvalue weighted by Crippen LogP contribution is 2.29. The predicted molar refractivity (Wildman–Crippen MR) is 110 cm³/mol. The summed E-state index contributed by atoms with van der Waals surface area (Å²) in [6.07, 6.45) is -0.531. The molecule has 2 aromatic carbocycles. The van der Waals surface area contributed by atoms with Gasteiger partial charge in [-0.1, -0.05) is 31.5 Å². The lowest BCUT2D eigenvalue weighted by molar-refractivity contribution is -0.384. The molecule has 30 heavy (non-hydrogen) atoms. The third-order valence-corrected chi connectivity index (χ3v) is 4.51. The highest BCUT2D eigenvalue weighted by Gasteiger charge is 2.23. The van der Waals surface area contributed by atoms with Gasteiger partial charge in [0.1, 0.15) is 0 Å². The van der Waals surface area contributed by atoms with Crippen LogP contribution < -0.4 is 10.6 Å². The summed E-state index contributed by atoms with van der Waals surface area (Å²) in [6, 6.07) is 8.62. The van der Waals surface area contributed by atoms with Crippen molar-refractivity contribution in [3.63, 3.8) is 0 Å². The van der Waals surface area contributed by atoms with Crippen LogP contribution in [-0.4, -0.2) is 27.8 Å². The third-order valence-electron chi connectivity index (χ3n) is 4.17. The van der Waals surface area contributed by atoms with Crippen molar-refractivity contribution in [3.05, 3.63) is 68.7 Å². The maximum atomic E-state index is 12.7. The van der Waals surface area contributed by atoms with Crippen molar-refractivity contribution in [3.8, 4) is 0 Å². The number of hydrogen-bond acceptors (Lipinski definition) is 5. The predicted octanol–water partition coefficient (Wildman–Crippen LogP) is 3.79. The minimum absolute atomic E-state index is 0.0881. The molecule has 2 amide bonds. The topological polar surface area (TPSA) is 139 Å². The van der Waals surface area contributed by atoms with Gasteiger partial charge in [-0.25, -0.2) is 0 Å². The largest absolute Gasteiger partial charge is 0.481 e. The summed E-state index contributed by atoms with van der Waals surface area (Å²) in [5, 5.41) is 25.6. The zero-order valence-electron chi connectivity index (χ0n) is 16.2. The van der Waals surface area contributed by atoms with Gasteiger partial charge in [0.05, 0.1) is 17.4 Å². The van der Waals surface area contributed by atoms with Crippen LogP contribution >= 0.6 is 11.6 Å². The van der Waals surface area contributed by atoms with Crippen molar-refractivity contribution >= 4 is 40.8 Å². The van der Waals surface area contributed by atoms with E-state index in [-0.39, 0.29) is 33.7 Å². The smallest absolute Gasteiger partial charge is 0.305 e. The molecule has 158 valence electrons. The Labute approximate surface area is 177 Å². The van der Waals surface area contributed by atoms with E-state index in [9.17, 15) is 29.6 Å². The first-order valence-electron chi connectivity index (χ1n) is 8.96. The van der Waals surface area contributed by atoms with Crippen LogP contribution in [0.15, 0.2) is 42.5 Å². The second-order valence-electron chi connectivity index (χ2n) is 6.81. The van der Waals surface area contributed by atoms with Crippen LogP contribution in [-0.2, 0) is 9.59 Å². The zero-order chi connectivity index (χ0) is 22.4. The Morgan fingerprint density at radius 3 is 2.47 bits per heavy atom. The quantitative estimate of drug-likeness (QED) is 0.427. The highest BCUT2D eigenvalue weighted by molar-refractivity contribution is 6.31. The molecule has 0 saturated carbocycles. The first-order chi connectivity index (χ1) is 14.1. The molecule has 0 aromatic heterocycles. The molecule has 2 aromatic rings. The van der Waals surface area contributed by atoms with E-state index >= 15 is 0 Å². The second kappa shape index (κ2) is 9.84. The number of nitro benzene ring substituents is 1. The lowest BCUT2D eigenvalue weighted by Crippen LogP contribution is -2.30. The van der Waals surface area contributed by atoms with Gasteiger partial charge in [-0.15, -0.1) is 0 Å². The Morgan fingerprint density at radius 1 is 1.17 bits per heavy atom. The number of amides is 2. The number of carboxylic acids is 1. The van der Waals surface area contributed by atoms with E-state index in [4.69, 9.17) is 11.6 Å². The lowest BCUT2D eigenvalue weighted by Gasteiger charge is -2.19. The lowest BCUT2D eigenvalue weighted by atomic mass is 10.0. The number of benzene rings is 2. The van der Waals surface area contributed by atoms with Crippen LogP contribution in [0, 0.1) is 16.0 Å². The van der Waals surface area contributed by atoms with Crippen LogP contribution in [0.4, 0.5) is 11.4 Å². The summed E-state index contributed by atoms with van der Waals surface area (Å²) < 4.78 is 0. The fourth-order valence-electron chi connectivity index (χ4n) is 2.59. The molecule has 0 aliphatic rings. The average molecular weight is 434 g/mol. The van der Waals surface area contributed by atoms with E-state index in [1.807, 2.05) is 0 Å². The number of nitro groups is 1. The molecular formula is C20H20ClN3O6. The van der Waals surface area contributed by atoms with Crippen LogP contribution in [0.5, 0.6) is 0 Å².